The highest BCUT2D eigenvalue weighted by Gasteiger charge is 2.19. The highest BCUT2D eigenvalue weighted by molar-refractivity contribution is 7.13. The van der Waals surface area contributed by atoms with Crippen LogP contribution in [0, 0.1) is 6.92 Å². The Hall–Kier alpha value is -0.930. The van der Waals surface area contributed by atoms with Crippen LogP contribution in [0.25, 0.3) is 10.1 Å². The van der Waals surface area contributed by atoms with Gasteiger partial charge in [-0.3, -0.25) is 0 Å². The molecule has 0 amide bonds. The zero-order valence-electron chi connectivity index (χ0n) is 9.49. The van der Waals surface area contributed by atoms with Crippen LogP contribution in [0.3, 0.4) is 0 Å². The van der Waals surface area contributed by atoms with Crippen molar-refractivity contribution in [3.8, 4) is 0 Å². The molecule has 0 aliphatic carbocycles. The van der Waals surface area contributed by atoms with E-state index in [2.05, 4.69) is 34.8 Å². The summed E-state index contributed by atoms with van der Waals surface area (Å²) < 4.78 is 6.01. The molecule has 1 aromatic heterocycles. The first kappa shape index (κ1) is 10.2. The van der Waals surface area contributed by atoms with Crippen LogP contribution in [0.5, 0.6) is 0 Å². The smallest absolute Gasteiger partial charge is 0.0652 e. The number of nitrogens with zero attached hydrogens (tertiary/aromatic N) is 1. The van der Waals surface area contributed by atoms with Crippen molar-refractivity contribution in [1.29, 1.82) is 0 Å². The lowest BCUT2D eigenvalue weighted by atomic mass is 9.92. The van der Waals surface area contributed by atoms with Gasteiger partial charge in [-0.2, -0.15) is 4.37 Å². The molecular weight excluding hydrogens is 216 g/mol. The summed E-state index contributed by atoms with van der Waals surface area (Å²) in [4.78, 5) is 0. The van der Waals surface area contributed by atoms with E-state index in [0.717, 1.165) is 13.1 Å². The molecule has 1 aromatic carbocycles. The Bertz CT molecular complexity index is 498. The normalized spacial score (nSPS) is 18.1. The summed E-state index contributed by atoms with van der Waals surface area (Å²) >= 11 is 1.65. The van der Waals surface area contributed by atoms with Gasteiger partial charge in [-0.25, -0.2) is 0 Å². The number of aryl methyl sites for hydroxylation is 1. The van der Waals surface area contributed by atoms with E-state index in [0.29, 0.717) is 5.92 Å². The number of hydrogen-bond acceptors (Lipinski definition) is 3. The molecule has 1 fully saturated rings. The van der Waals surface area contributed by atoms with E-state index < -0.39 is 0 Å². The second kappa shape index (κ2) is 4.15. The molecule has 2 heterocycles. The third-order valence-electron chi connectivity index (χ3n) is 3.38. The monoisotopic (exact) mass is 232 g/mol. The lowest BCUT2D eigenvalue weighted by Gasteiger charge is -2.21. The topological polar surface area (TPSA) is 24.9 Å². The van der Waals surface area contributed by atoms with E-state index in [4.69, 9.17) is 0 Å². The van der Waals surface area contributed by atoms with E-state index in [-0.39, 0.29) is 0 Å². The molecule has 3 heteroatoms. The minimum atomic E-state index is 0.664. The van der Waals surface area contributed by atoms with Crippen LogP contribution in [0.1, 0.15) is 30.0 Å². The molecule has 0 spiro atoms. The zero-order chi connectivity index (χ0) is 11.0. The van der Waals surface area contributed by atoms with E-state index in [1.807, 2.05) is 0 Å². The molecule has 1 aliphatic rings. The number of hydrogen-bond donors (Lipinski definition) is 1. The Kier molecular flexibility index (Phi) is 2.65. The van der Waals surface area contributed by atoms with Gasteiger partial charge in [0, 0.05) is 11.3 Å². The van der Waals surface area contributed by atoms with Gasteiger partial charge in [0.1, 0.15) is 0 Å². The van der Waals surface area contributed by atoms with E-state index in [1.54, 1.807) is 11.5 Å². The van der Waals surface area contributed by atoms with Gasteiger partial charge < -0.3 is 5.32 Å². The zero-order valence-corrected chi connectivity index (χ0v) is 10.3. The molecule has 1 N–H and O–H groups in total. The third-order valence-corrected chi connectivity index (χ3v) is 4.22. The number of aromatic nitrogens is 1. The second-order valence-corrected chi connectivity index (χ2v) is 5.40. The Balaban J connectivity index is 2.05. The molecule has 1 aliphatic heterocycles. The highest BCUT2D eigenvalue weighted by atomic mass is 32.1. The second-order valence-electron chi connectivity index (χ2n) is 4.59. The Morgan fingerprint density at radius 2 is 2.12 bits per heavy atom. The fourth-order valence-electron chi connectivity index (χ4n) is 2.46. The standard InChI is InChI=1S/C13H16N2S/c1-9-2-3-12-11(8-9)13(15-16-12)10-4-6-14-7-5-10/h2-3,8,10,14H,4-7H2,1H3. The van der Waals surface area contributed by atoms with Gasteiger partial charge in [0.15, 0.2) is 0 Å². The molecule has 3 rings (SSSR count). The number of rotatable bonds is 1. The Labute approximate surface area is 99.8 Å². The average molecular weight is 232 g/mol. The van der Waals surface area contributed by atoms with Crippen molar-refractivity contribution >= 4 is 21.6 Å². The molecule has 16 heavy (non-hydrogen) atoms. The number of benzene rings is 1. The van der Waals surface area contributed by atoms with Crippen molar-refractivity contribution in [2.45, 2.75) is 25.7 Å². The fraction of sp³-hybridized carbons (Fsp3) is 0.462. The van der Waals surface area contributed by atoms with Crippen molar-refractivity contribution in [2.75, 3.05) is 13.1 Å². The fourth-order valence-corrected chi connectivity index (χ4v) is 3.30. The van der Waals surface area contributed by atoms with Crippen LogP contribution in [0.15, 0.2) is 18.2 Å². The van der Waals surface area contributed by atoms with Gasteiger partial charge in [-0.05, 0) is 56.5 Å². The number of nitrogens with one attached hydrogen (secondary N) is 1. The summed E-state index contributed by atoms with van der Waals surface area (Å²) in [5, 5.41) is 4.80. The quantitative estimate of drug-likeness (QED) is 0.817. The lowest BCUT2D eigenvalue weighted by molar-refractivity contribution is 0.457. The van der Waals surface area contributed by atoms with Gasteiger partial charge in [-0.15, -0.1) is 0 Å². The van der Waals surface area contributed by atoms with E-state index >= 15 is 0 Å². The Morgan fingerprint density at radius 1 is 1.31 bits per heavy atom. The maximum atomic E-state index is 4.67. The largest absolute Gasteiger partial charge is 0.317 e. The van der Waals surface area contributed by atoms with Crippen molar-refractivity contribution in [2.24, 2.45) is 0 Å². The molecule has 0 saturated carbocycles. The van der Waals surface area contributed by atoms with Crippen LogP contribution in [-0.2, 0) is 0 Å². The summed E-state index contributed by atoms with van der Waals surface area (Å²) in [7, 11) is 0. The number of fused-ring (bicyclic) bond motifs is 1. The Morgan fingerprint density at radius 3 is 2.94 bits per heavy atom. The van der Waals surface area contributed by atoms with E-state index in [9.17, 15) is 0 Å². The van der Waals surface area contributed by atoms with Crippen molar-refractivity contribution < 1.29 is 0 Å². The van der Waals surface area contributed by atoms with Crippen molar-refractivity contribution in [3.63, 3.8) is 0 Å². The van der Waals surface area contributed by atoms with Crippen LogP contribution < -0.4 is 5.32 Å². The van der Waals surface area contributed by atoms with Crippen LogP contribution >= 0.6 is 11.5 Å². The predicted molar refractivity (Wildman–Crippen MR) is 69.2 cm³/mol. The molecule has 0 radical (unpaired) electrons. The van der Waals surface area contributed by atoms with Crippen molar-refractivity contribution in [1.82, 2.24) is 9.69 Å². The first-order chi connectivity index (χ1) is 7.84. The van der Waals surface area contributed by atoms with Gasteiger partial charge in [0.05, 0.1) is 10.4 Å². The molecule has 2 nitrogen and oxygen atoms in total. The summed E-state index contributed by atoms with van der Waals surface area (Å²) in [5.74, 6) is 0.664. The van der Waals surface area contributed by atoms with Crippen LogP contribution in [-0.4, -0.2) is 17.5 Å². The molecule has 84 valence electrons. The molecule has 2 aromatic rings. The first-order valence-corrected chi connectivity index (χ1v) is 6.68. The predicted octanol–water partition coefficient (Wildman–Crippen LogP) is 3.07. The summed E-state index contributed by atoms with van der Waals surface area (Å²) in [6.45, 7) is 4.42. The van der Waals surface area contributed by atoms with Crippen LogP contribution in [0.4, 0.5) is 0 Å². The third kappa shape index (κ3) is 1.74. The summed E-state index contributed by atoms with van der Waals surface area (Å²) in [5.41, 5.74) is 2.67. The maximum absolute atomic E-state index is 4.67. The molecule has 1 saturated heterocycles. The van der Waals surface area contributed by atoms with Crippen molar-refractivity contribution in [3.05, 3.63) is 29.5 Å². The summed E-state index contributed by atoms with van der Waals surface area (Å²) in [6.07, 6.45) is 2.46. The highest BCUT2D eigenvalue weighted by Crippen LogP contribution is 2.33. The minimum Gasteiger partial charge on any atom is -0.317 e. The molecule has 0 bridgehead atoms. The first-order valence-electron chi connectivity index (χ1n) is 5.91. The maximum Gasteiger partial charge on any atom is 0.0652 e. The average Bonchev–Trinajstić information content (AvgIpc) is 2.73. The SMILES string of the molecule is Cc1ccc2snc(C3CCNCC3)c2c1. The van der Waals surface area contributed by atoms with E-state index in [1.165, 1.54) is 34.2 Å². The lowest BCUT2D eigenvalue weighted by Crippen LogP contribution is -2.26. The minimum absolute atomic E-state index is 0.664. The molecule has 0 atom stereocenters. The van der Waals surface area contributed by atoms with Gasteiger partial charge in [0.2, 0.25) is 0 Å². The van der Waals surface area contributed by atoms with Crippen LogP contribution in [0.2, 0.25) is 0 Å². The van der Waals surface area contributed by atoms with Gasteiger partial charge >= 0.3 is 0 Å². The van der Waals surface area contributed by atoms with Gasteiger partial charge in [-0.1, -0.05) is 11.6 Å². The molecular formula is C13H16N2S. The molecule has 0 unspecified atom stereocenters. The summed E-state index contributed by atoms with van der Waals surface area (Å²) in [6, 6.07) is 6.66. The van der Waals surface area contributed by atoms with Gasteiger partial charge in [0.25, 0.3) is 0 Å². The number of piperidine rings is 1.